The number of hydrogen-bond acceptors (Lipinski definition) is 10. The average molecular weight is 769 g/mol. The van der Waals surface area contributed by atoms with Crippen LogP contribution in [0.1, 0.15) is 187 Å². The van der Waals surface area contributed by atoms with Gasteiger partial charge in [-0.2, -0.15) is 0 Å². The highest BCUT2D eigenvalue weighted by molar-refractivity contribution is 5.70. The van der Waals surface area contributed by atoms with Crippen molar-refractivity contribution < 1.29 is 49.0 Å². The lowest BCUT2D eigenvalue weighted by Gasteiger charge is -2.39. The van der Waals surface area contributed by atoms with Gasteiger partial charge in [0.05, 0.1) is 13.2 Å². The summed E-state index contributed by atoms with van der Waals surface area (Å²) in [5, 5.41) is 40.0. The van der Waals surface area contributed by atoms with Crippen LogP contribution < -0.4 is 0 Å². The predicted molar refractivity (Wildman–Crippen MR) is 215 cm³/mol. The van der Waals surface area contributed by atoms with Crippen LogP contribution in [0.5, 0.6) is 0 Å². The van der Waals surface area contributed by atoms with Gasteiger partial charge in [-0.15, -0.1) is 6.58 Å². The zero-order valence-electron chi connectivity index (χ0n) is 34.1. The second-order valence-electron chi connectivity index (χ2n) is 15.2. The zero-order valence-corrected chi connectivity index (χ0v) is 34.1. The van der Waals surface area contributed by atoms with Gasteiger partial charge < -0.3 is 39.4 Å². The molecule has 2 unspecified atom stereocenters. The fraction of sp³-hybridized carbons (Fsp3) is 0.864. The van der Waals surface area contributed by atoms with Gasteiger partial charge in [-0.25, -0.2) is 0 Å². The van der Waals surface area contributed by atoms with Gasteiger partial charge in [-0.3, -0.25) is 9.59 Å². The van der Waals surface area contributed by atoms with Crippen molar-refractivity contribution >= 4 is 11.9 Å². The maximum Gasteiger partial charge on any atom is 0.306 e. The molecule has 0 bridgehead atoms. The molecule has 1 saturated heterocycles. The fourth-order valence-electron chi connectivity index (χ4n) is 6.69. The second kappa shape index (κ2) is 35.6. The number of rotatable bonds is 37. The Morgan fingerprint density at radius 3 is 1.57 bits per heavy atom. The number of esters is 2. The van der Waals surface area contributed by atoms with E-state index in [1.165, 1.54) is 96.3 Å². The Morgan fingerprint density at radius 1 is 0.611 bits per heavy atom. The molecular weight excluding hydrogens is 688 g/mol. The van der Waals surface area contributed by atoms with Gasteiger partial charge in [0, 0.05) is 12.8 Å². The summed E-state index contributed by atoms with van der Waals surface area (Å²) < 4.78 is 22.1. The van der Waals surface area contributed by atoms with E-state index in [1.54, 1.807) is 0 Å². The fourth-order valence-corrected chi connectivity index (χ4v) is 6.69. The highest BCUT2D eigenvalue weighted by Crippen LogP contribution is 2.23. The summed E-state index contributed by atoms with van der Waals surface area (Å²) in [5.41, 5.74) is 0. The first-order valence-corrected chi connectivity index (χ1v) is 21.9. The van der Waals surface area contributed by atoms with Crippen molar-refractivity contribution in [3.8, 4) is 0 Å². The number of ether oxygens (including phenoxy) is 4. The minimum Gasteiger partial charge on any atom is -0.462 e. The van der Waals surface area contributed by atoms with Crippen LogP contribution in [0, 0.1) is 0 Å². The van der Waals surface area contributed by atoms with Crippen LogP contribution in [-0.4, -0.2) is 89.0 Å². The Balaban J connectivity index is 2.33. The summed E-state index contributed by atoms with van der Waals surface area (Å²) in [6.07, 6.45) is 29.3. The SMILES string of the molecule is C=CCCCCCCCCCCCCCCCC(=O)OC[C@@H](CO[C@H]1O[C@@H](CO)[C@@H](O)C(O)C1O)OC(=O)CCCCCCC/C=C/CCCCCCC. The molecule has 0 aliphatic carbocycles. The predicted octanol–water partition coefficient (Wildman–Crippen LogP) is 8.94. The Morgan fingerprint density at radius 2 is 1.07 bits per heavy atom. The molecule has 10 nitrogen and oxygen atoms in total. The minimum absolute atomic E-state index is 0.219. The number of carbonyl (C=O) groups excluding carboxylic acids is 2. The largest absolute Gasteiger partial charge is 0.462 e. The van der Waals surface area contributed by atoms with Crippen molar-refractivity contribution in [3.05, 3.63) is 24.8 Å². The van der Waals surface area contributed by atoms with E-state index in [1.807, 2.05) is 6.08 Å². The topological polar surface area (TPSA) is 152 Å². The van der Waals surface area contributed by atoms with E-state index < -0.39 is 49.4 Å². The summed E-state index contributed by atoms with van der Waals surface area (Å²) in [6, 6.07) is 0. The van der Waals surface area contributed by atoms with Crippen LogP contribution in [0.25, 0.3) is 0 Å². The van der Waals surface area contributed by atoms with E-state index in [4.69, 9.17) is 18.9 Å². The Labute approximate surface area is 328 Å². The molecule has 0 aromatic carbocycles. The molecule has 316 valence electrons. The lowest BCUT2D eigenvalue weighted by Crippen LogP contribution is -2.59. The van der Waals surface area contributed by atoms with E-state index in [2.05, 4.69) is 25.7 Å². The quantitative estimate of drug-likeness (QED) is 0.0274. The first-order valence-electron chi connectivity index (χ1n) is 21.9. The van der Waals surface area contributed by atoms with Gasteiger partial charge in [0.2, 0.25) is 0 Å². The summed E-state index contributed by atoms with van der Waals surface area (Å²) >= 11 is 0. The van der Waals surface area contributed by atoms with Crippen LogP contribution in [0.15, 0.2) is 24.8 Å². The summed E-state index contributed by atoms with van der Waals surface area (Å²) in [6.45, 7) is 4.93. The van der Waals surface area contributed by atoms with Crippen molar-refractivity contribution in [2.75, 3.05) is 19.8 Å². The Bertz CT molecular complexity index is 925. The third-order valence-corrected chi connectivity index (χ3v) is 10.2. The molecule has 1 fully saturated rings. The van der Waals surface area contributed by atoms with Crippen LogP contribution in [0.4, 0.5) is 0 Å². The maximum absolute atomic E-state index is 12.7. The van der Waals surface area contributed by atoms with E-state index in [0.717, 1.165) is 64.2 Å². The van der Waals surface area contributed by atoms with E-state index >= 15 is 0 Å². The van der Waals surface area contributed by atoms with E-state index in [0.29, 0.717) is 6.42 Å². The monoisotopic (exact) mass is 769 g/mol. The zero-order chi connectivity index (χ0) is 39.5. The molecular formula is C44H80O10. The van der Waals surface area contributed by atoms with Gasteiger partial charge in [0.15, 0.2) is 12.4 Å². The Hall–Kier alpha value is -1.82. The Kier molecular flexibility index (Phi) is 33.1. The van der Waals surface area contributed by atoms with Gasteiger partial charge in [0.1, 0.15) is 31.0 Å². The van der Waals surface area contributed by atoms with Crippen LogP contribution in [0.3, 0.4) is 0 Å². The maximum atomic E-state index is 12.7. The molecule has 4 N–H and O–H groups in total. The molecule has 54 heavy (non-hydrogen) atoms. The molecule has 10 heteroatoms. The highest BCUT2D eigenvalue weighted by atomic mass is 16.7. The van der Waals surface area contributed by atoms with Crippen molar-refractivity contribution in [2.45, 2.75) is 224 Å². The molecule has 0 saturated carbocycles. The number of carbonyl (C=O) groups is 2. The standard InChI is InChI=1S/C44H80O10/c1-3-5-7-9-11-13-15-17-19-21-22-24-26-28-30-32-39(46)51-35-37(36-52-44-43(50)42(49)41(48)38(34-45)54-44)53-40(47)33-31-29-27-25-23-20-18-16-14-12-10-8-6-4-2/h3,16,18,37-38,41-45,48-50H,1,4-15,17,19-36H2,2H3/b18-16+/t37-,38-,41+,42?,43?,44-/m0/s1. The molecule has 1 rings (SSSR count). The van der Waals surface area contributed by atoms with Crippen molar-refractivity contribution in [1.82, 2.24) is 0 Å². The minimum atomic E-state index is -1.59. The smallest absolute Gasteiger partial charge is 0.306 e. The van der Waals surface area contributed by atoms with Gasteiger partial charge in [0.25, 0.3) is 0 Å². The summed E-state index contributed by atoms with van der Waals surface area (Å²) in [4.78, 5) is 25.3. The number of unbranched alkanes of at least 4 members (excludes halogenated alkanes) is 23. The van der Waals surface area contributed by atoms with Gasteiger partial charge in [-0.1, -0.05) is 141 Å². The molecule has 0 aromatic heterocycles. The average Bonchev–Trinajstić information content (AvgIpc) is 3.17. The summed E-state index contributed by atoms with van der Waals surface area (Å²) in [7, 11) is 0. The molecule has 1 heterocycles. The van der Waals surface area contributed by atoms with Crippen molar-refractivity contribution in [2.24, 2.45) is 0 Å². The number of hydrogen-bond donors (Lipinski definition) is 4. The van der Waals surface area contributed by atoms with E-state index in [9.17, 15) is 30.0 Å². The third-order valence-electron chi connectivity index (χ3n) is 10.2. The first kappa shape index (κ1) is 50.2. The molecule has 0 aromatic rings. The van der Waals surface area contributed by atoms with Gasteiger partial charge in [-0.05, 0) is 51.4 Å². The van der Waals surface area contributed by atoms with Crippen LogP contribution in [-0.2, 0) is 28.5 Å². The second-order valence-corrected chi connectivity index (χ2v) is 15.2. The number of aliphatic hydroxyl groups excluding tert-OH is 4. The highest BCUT2D eigenvalue weighted by Gasteiger charge is 2.44. The first-order chi connectivity index (χ1) is 26.3. The molecule has 0 amide bonds. The lowest BCUT2D eigenvalue weighted by molar-refractivity contribution is -0.305. The number of aliphatic hydroxyl groups is 4. The van der Waals surface area contributed by atoms with Crippen molar-refractivity contribution in [1.29, 1.82) is 0 Å². The normalized spacial score (nSPS) is 20.6. The van der Waals surface area contributed by atoms with Gasteiger partial charge >= 0.3 is 11.9 Å². The molecule has 6 atom stereocenters. The third kappa shape index (κ3) is 26.9. The van der Waals surface area contributed by atoms with E-state index in [-0.39, 0.29) is 32.0 Å². The molecule has 0 spiro atoms. The molecule has 1 aliphatic rings. The molecule has 1 aliphatic heterocycles. The van der Waals surface area contributed by atoms with Crippen molar-refractivity contribution in [3.63, 3.8) is 0 Å². The molecule has 0 radical (unpaired) electrons. The number of allylic oxidation sites excluding steroid dienone is 3. The lowest BCUT2D eigenvalue weighted by atomic mass is 9.99. The van der Waals surface area contributed by atoms with Crippen LogP contribution in [0.2, 0.25) is 0 Å². The summed E-state index contributed by atoms with van der Waals surface area (Å²) in [5.74, 6) is -0.815. The van der Waals surface area contributed by atoms with Crippen LogP contribution >= 0.6 is 0 Å².